The van der Waals surface area contributed by atoms with E-state index in [9.17, 15) is 4.79 Å². The quantitative estimate of drug-likeness (QED) is 0.665. The van der Waals surface area contributed by atoms with Gasteiger partial charge >= 0.3 is 0 Å². The summed E-state index contributed by atoms with van der Waals surface area (Å²) in [6, 6.07) is 9.51. The zero-order chi connectivity index (χ0) is 14.5. The zero-order valence-corrected chi connectivity index (χ0v) is 12.6. The van der Waals surface area contributed by atoms with Gasteiger partial charge in [0, 0.05) is 30.5 Å². The Morgan fingerprint density at radius 3 is 2.70 bits per heavy atom. The molecule has 3 N–H and O–H groups in total. The summed E-state index contributed by atoms with van der Waals surface area (Å²) in [7, 11) is 1.75. The fourth-order valence-electron chi connectivity index (χ4n) is 1.83. The Morgan fingerprint density at radius 1 is 1.35 bits per heavy atom. The molecule has 0 saturated carbocycles. The summed E-state index contributed by atoms with van der Waals surface area (Å²) < 4.78 is 1.01. The highest BCUT2D eigenvalue weighted by atomic mass is 79.9. The molecule has 0 aliphatic carbocycles. The first-order valence-corrected chi connectivity index (χ1v) is 6.81. The molecule has 5 nitrogen and oxygen atoms in total. The van der Waals surface area contributed by atoms with Crippen LogP contribution in [0.4, 0.5) is 5.69 Å². The Balaban J connectivity index is 2.14. The number of nitrogens with two attached hydrogens (primary N) is 1. The van der Waals surface area contributed by atoms with E-state index in [0.717, 1.165) is 10.0 Å². The highest BCUT2D eigenvalue weighted by molar-refractivity contribution is 9.10. The molecule has 1 aromatic heterocycles. The molecule has 1 aromatic carbocycles. The van der Waals surface area contributed by atoms with E-state index in [1.54, 1.807) is 24.2 Å². The third kappa shape index (κ3) is 3.34. The number of amides is 1. The summed E-state index contributed by atoms with van der Waals surface area (Å²) in [5.41, 5.74) is 4.58. The molecule has 0 saturated heterocycles. The van der Waals surface area contributed by atoms with Crippen molar-refractivity contribution in [2.75, 3.05) is 12.5 Å². The predicted molar refractivity (Wildman–Crippen MR) is 82.0 cm³/mol. The van der Waals surface area contributed by atoms with E-state index in [-0.39, 0.29) is 5.91 Å². The number of anilines is 1. The lowest BCUT2D eigenvalue weighted by Crippen LogP contribution is -2.27. The van der Waals surface area contributed by atoms with Crippen molar-refractivity contribution in [3.05, 3.63) is 58.3 Å². The molecule has 0 aliphatic heterocycles. The lowest BCUT2D eigenvalue weighted by Gasteiger charge is -2.18. The molecule has 0 aliphatic rings. The number of benzene rings is 1. The van der Waals surface area contributed by atoms with Gasteiger partial charge in [-0.2, -0.15) is 0 Å². The number of carbonyl (C=O) groups is 1. The molecule has 0 radical (unpaired) electrons. The molecule has 2 rings (SSSR count). The van der Waals surface area contributed by atoms with Crippen molar-refractivity contribution in [2.24, 2.45) is 5.84 Å². The van der Waals surface area contributed by atoms with Crippen LogP contribution in [0.15, 0.2) is 47.2 Å². The summed E-state index contributed by atoms with van der Waals surface area (Å²) in [5.74, 6) is 5.27. The molecule has 20 heavy (non-hydrogen) atoms. The Kier molecular flexibility index (Phi) is 4.70. The number of nitrogens with zero attached hydrogens (tertiary/aromatic N) is 2. The molecular formula is C14H15BrN4O. The molecule has 6 heteroatoms. The highest BCUT2D eigenvalue weighted by Crippen LogP contribution is 2.16. The van der Waals surface area contributed by atoms with E-state index in [1.165, 1.54) is 6.20 Å². The second-order valence-electron chi connectivity index (χ2n) is 4.35. The van der Waals surface area contributed by atoms with Crippen molar-refractivity contribution in [1.29, 1.82) is 0 Å². The standard InChI is InChI=1S/C14H15BrN4O/c1-19(9-10-2-4-11(15)5-3-10)14(20)12-8-17-7-6-13(12)18-16/h2-8H,9,16H2,1H3,(H,17,18). The molecular weight excluding hydrogens is 320 g/mol. The lowest BCUT2D eigenvalue weighted by molar-refractivity contribution is 0.0785. The van der Waals surface area contributed by atoms with E-state index in [2.05, 4.69) is 26.3 Å². The molecule has 1 heterocycles. The minimum Gasteiger partial charge on any atom is -0.337 e. The molecule has 1 amide bonds. The third-order valence-corrected chi connectivity index (χ3v) is 3.42. The number of pyridine rings is 1. The first-order valence-electron chi connectivity index (χ1n) is 6.02. The number of hydrogen-bond acceptors (Lipinski definition) is 4. The van der Waals surface area contributed by atoms with Gasteiger partial charge in [-0.15, -0.1) is 0 Å². The zero-order valence-electron chi connectivity index (χ0n) is 11.0. The molecule has 104 valence electrons. The van der Waals surface area contributed by atoms with Crippen molar-refractivity contribution in [3.8, 4) is 0 Å². The van der Waals surface area contributed by atoms with Crippen LogP contribution in [-0.2, 0) is 6.54 Å². The molecule has 0 unspecified atom stereocenters. The molecule has 2 aromatic rings. The second-order valence-corrected chi connectivity index (χ2v) is 5.27. The summed E-state index contributed by atoms with van der Waals surface area (Å²) in [5, 5.41) is 0. The maximum atomic E-state index is 12.4. The largest absolute Gasteiger partial charge is 0.337 e. The fraction of sp³-hybridized carbons (Fsp3) is 0.143. The highest BCUT2D eigenvalue weighted by Gasteiger charge is 2.15. The van der Waals surface area contributed by atoms with Crippen molar-refractivity contribution >= 4 is 27.5 Å². The Labute approximate surface area is 125 Å². The summed E-state index contributed by atoms with van der Waals surface area (Å²) in [4.78, 5) is 18.0. The number of hydrazine groups is 1. The number of carbonyl (C=O) groups excluding carboxylic acids is 1. The number of rotatable bonds is 4. The van der Waals surface area contributed by atoms with Crippen LogP contribution in [0.3, 0.4) is 0 Å². The van der Waals surface area contributed by atoms with Crippen LogP contribution in [0.2, 0.25) is 0 Å². The smallest absolute Gasteiger partial charge is 0.257 e. The van der Waals surface area contributed by atoms with Gasteiger partial charge < -0.3 is 10.3 Å². The van der Waals surface area contributed by atoms with Gasteiger partial charge in [-0.3, -0.25) is 15.6 Å². The Morgan fingerprint density at radius 2 is 2.05 bits per heavy atom. The van der Waals surface area contributed by atoms with Gasteiger partial charge in [0.25, 0.3) is 5.91 Å². The number of halogens is 1. The SMILES string of the molecule is CN(Cc1ccc(Br)cc1)C(=O)c1cnccc1NN. The number of nitrogen functional groups attached to an aromatic ring is 1. The normalized spacial score (nSPS) is 10.2. The third-order valence-electron chi connectivity index (χ3n) is 2.89. The average molecular weight is 335 g/mol. The van der Waals surface area contributed by atoms with Crippen LogP contribution in [0.25, 0.3) is 0 Å². The van der Waals surface area contributed by atoms with Gasteiger partial charge in [-0.1, -0.05) is 28.1 Å². The van der Waals surface area contributed by atoms with Crippen LogP contribution in [-0.4, -0.2) is 22.8 Å². The number of aromatic nitrogens is 1. The number of hydrogen-bond donors (Lipinski definition) is 2. The van der Waals surface area contributed by atoms with Crippen molar-refractivity contribution in [3.63, 3.8) is 0 Å². The minimum atomic E-state index is -0.131. The van der Waals surface area contributed by atoms with Crippen molar-refractivity contribution in [2.45, 2.75) is 6.54 Å². The molecule has 0 fully saturated rings. The van der Waals surface area contributed by atoms with E-state index < -0.39 is 0 Å². The summed E-state index contributed by atoms with van der Waals surface area (Å²) in [6.45, 7) is 0.519. The van der Waals surface area contributed by atoms with Crippen molar-refractivity contribution in [1.82, 2.24) is 9.88 Å². The lowest BCUT2D eigenvalue weighted by atomic mass is 10.2. The van der Waals surface area contributed by atoms with E-state index in [0.29, 0.717) is 17.8 Å². The van der Waals surface area contributed by atoms with Gasteiger partial charge in [0.2, 0.25) is 0 Å². The maximum Gasteiger partial charge on any atom is 0.257 e. The molecule has 0 atom stereocenters. The first kappa shape index (κ1) is 14.5. The predicted octanol–water partition coefficient (Wildman–Crippen LogP) is 2.40. The van der Waals surface area contributed by atoms with Crippen LogP contribution < -0.4 is 11.3 Å². The fourth-order valence-corrected chi connectivity index (χ4v) is 2.10. The first-order chi connectivity index (χ1) is 9.61. The maximum absolute atomic E-state index is 12.4. The van der Waals surface area contributed by atoms with Gasteiger partial charge in [0.15, 0.2) is 0 Å². The topological polar surface area (TPSA) is 71.2 Å². The van der Waals surface area contributed by atoms with Gasteiger partial charge in [0.1, 0.15) is 0 Å². The van der Waals surface area contributed by atoms with Crippen LogP contribution in [0.5, 0.6) is 0 Å². The van der Waals surface area contributed by atoms with Gasteiger partial charge in [0.05, 0.1) is 11.3 Å². The van der Waals surface area contributed by atoms with Crippen molar-refractivity contribution < 1.29 is 4.79 Å². The van der Waals surface area contributed by atoms with E-state index in [4.69, 9.17) is 5.84 Å². The van der Waals surface area contributed by atoms with E-state index in [1.807, 2.05) is 24.3 Å². The number of nitrogens with one attached hydrogen (secondary N) is 1. The minimum absolute atomic E-state index is 0.131. The van der Waals surface area contributed by atoms with Gasteiger partial charge in [-0.05, 0) is 23.8 Å². The molecule has 0 spiro atoms. The Hall–Kier alpha value is -1.92. The van der Waals surface area contributed by atoms with Gasteiger partial charge in [-0.25, -0.2) is 0 Å². The van der Waals surface area contributed by atoms with Crippen LogP contribution in [0.1, 0.15) is 15.9 Å². The summed E-state index contributed by atoms with van der Waals surface area (Å²) in [6.07, 6.45) is 3.09. The Bertz CT molecular complexity index is 600. The average Bonchev–Trinajstić information content (AvgIpc) is 2.48. The second kappa shape index (κ2) is 6.49. The van der Waals surface area contributed by atoms with Crippen LogP contribution in [0, 0.1) is 0 Å². The summed E-state index contributed by atoms with van der Waals surface area (Å²) >= 11 is 3.39. The molecule has 0 bridgehead atoms. The van der Waals surface area contributed by atoms with Crippen LogP contribution >= 0.6 is 15.9 Å². The monoisotopic (exact) mass is 334 g/mol. The van der Waals surface area contributed by atoms with E-state index >= 15 is 0 Å².